The number of halogens is 1. The molecule has 0 heterocycles. The van der Waals surface area contributed by atoms with Crippen LogP contribution < -0.4 is 5.32 Å². The van der Waals surface area contributed by atoms with Gasteiger partial charge in [-0.05, 0) is 36.6 Å². The lowest BCUT2D eigenvalue weighted by atomic mass is 10.1. The summed E-state index contributed by atoms with van der Waals surface area (Å²) in [4.78, 5) is 11.6. The Bertz CT molecular complexity index is 340. The van der Waals surface area contributed by atoms with Gasteiger partial charge in [0, 0.05) is 12.1 Å². The number of carbonyl (C=O) groups is 1. The Labute approximate surface area is 89.5 Å². The van der Waals surface area contributed by atoms with Crippen LogP contribution in [0.25, 0.3) is 0 Å². The number of hydrogen-bond donors (Lipinski definition) is 1. The smallest absolute Gasteiger partial charge is 0.251 e. The average molecular weight is 209 g/mol. The highest BCUT2D eigenvalue weighted by Gasteiger charge is 2.07. The molecule has 1 amide bonds. The van der Waals surface area contributed by atoms with Gasteiger partial charge < -0.3 is 5.32 Å². The van der Waals surface area contributed by atoms with Gasteiger partial charge in [-0.1, -0.05) is 13.8 Å². The Balaban J connectivity index is 2.73. The predicted octanol–water partition coefficient (Wildman–Crippen LogP) is 2.52. The van der Waals surface area contributed by atoms with Crippen molar-refractivity contribution in [2.45, 2.75) is 20.8 Å². The molecule has 0 spiro atoms. The van der Waals surface area contributed by atoms with Crippen LogP contribution in [0, 0.1) is 18.7 Å². The van der Waals surface area contributed by atoms with E-state index in [1.807, 2.05) is 13.8 Å². The van der Waals surface area contributed by atoms with E-state index in [1.165, 1.54) is 12.1 Å². The van der Waals surface area contributed by atoms with E-state index >= 15 is 0 Å². The third kappa shape index (κ3) is 3.70. The summed E-state index contributed by atoms with van der Waals surface area (Å²) < 4.78 is 13.0. The molecule has 0 unspecified atom stereocenters. The Morgan fingerprint density at radius 3 is 2.60 bits per heavy atom. The van der Waals surface area contributed by atoms with Crippen LogP contribution in [0.1, 0.15) is 29.8 Å². The fourth-order valence-electron chi connectivity index (χ4n) is 1.27. The monoisotopic (exact) mass is 209 g/mol. The summed E-state index contributed by atoms with van der Waals surface area (Å²) in [6, 6.07) is 4.33. The first-order valence-corrected chi connectivity index (χ1v) is 5.04. The largest absolute Gasteiger partial charge is 0.352 e. The Morgan fingerprint density at radius 1 is 1.40 bits per heavy atom. The van der Waals surface area contributed by atoms with Crippen molar-refractivity contribution < 1.29 is 9.18 Å². The second-order valence-corrected chi connectivity index (χ2v) is 4.12. The zero-order valence-electron chi connectivity index (χ0n) is 9.30. The summed E-state index contributed by atoms with van der Waals surface area (Å²) in [7, 11) is 0. The van der Waals surface area contributed by atoms with Crippen molar-refractivity contribution in [1.29, 1.82) is 0 Å². The molecule has 1 rings (SSSR count). The molecular weight excluding hydrogens is 193 g/mol. The van der Waals surface area contributed by atoms with Gasteiger partial charge >= 0.3 is 0 Å². The van der Waals surface area contributed by atoms with Crippen LogP contribution in [0.3, 0.4) is 0 Å². The topological polar surface area (TPSA) is 29.1 Å². The molecule has 0 aromatic heterocycles. The lowest BCUT2D eigenvalue weighted by molar-refractivity contribution is 0.0948. The molecule has 1 aromatic rings. The lowest BCUT2D eigenvalue weighted by Gasteiger charge is -2.08. The van der Waals surface area contributed by atoms with E-state index < -0.39 is 0 Å². The van der Waals surface area contributed by atoms with Crippen LogP contribution in [-0.4, -0.2) is 12.5 Å². The predicted molar refractivity (Wildman–Crippen MR) is 58.3 cm³/mol. The van der Waals surface area contributed by atoms with Gasteiger partial charge in [-0.3, -0.25) is 4.79 Å². The van der Waals surface area contributed by atoms with E-state index in [-0.39, 0.29) is 11.7 Å². The maximum absolute atomic E-state index is 13.0. The molecule has 0 saturated heterocycles. The van der Waals surface area contributed by atoms with E-state index in [9.17, 15) is 9.18 Å². The average Bonchev–Trinajstić information content (AvgIpc) is 2.12. The standard InChI is InChI=1S/C12H16FNO/c1-8(2)7-14-12(15)10-4-9(3)5-11(13)6-10/h4-6,8H,7H2,1-3H3,(H,14,15). The van der Waals surface area contributed by atoms with Crippen LogP contribution in [0.2, 0.25) is 0 Å². The van der Waals surface area contributed by atoms with Gasteiger partial charge in [0.05, 0.1) is 0 Å². The molecule has 0 fully saturated rings. The third-order valence-electron chi connectivity index (χ3n) is 1.98. The zero-order chi connectivity index (χ0) is 11.4. The molecule has 0 aliphatic carbocycles. The summed E-state index contributed by atoms with van der Waals surface area (Å²) in [6.45, 7) is 6.39. The minimum Gasteiger partial charge on any atom is -0.352 e. The third-order valence-corrected chi connectivity index (χ3v) is 1.98. The number of hydrogen-bond acceptors (Lipinski definition) is 1. The minimum absolute atomic E-state index is 0.216. The van der Waals surface area contributed by atoms with Gasteiger partial charge in [0.25, 0.3) is 5.91 Å². The van der Waals surface area contributed by atoms with Crippen molar-refractivity contribution in [3.63, 3.8) is 0 Å². The molecule has 0 bridgehead atoms. The summed E-state index contributed by atoms with van der Waals surface area (Å²) in [6.07, 6.45) is 0. The van der Waals surface area contributed by atoms with Gasteiger partial charge in [0.15, 0.2) is 0 Å². The maximum Gasteiger partial charge on any atom is 0.251 e. The number of carbonyl (C=O) groups excluding carboxylic acids is 1. The van der Waals surface area contributed by atoms with E-state index in [2.05, 4.69) is 5.32 Å². The van der Waals surface area contributed by atoms with E-state index in [0.29, 0.717) is 18.0 Å². The number of rotatable bonds is 3. The summed E-state index contributed by atoms with van der Waals surface area (Å²) in [5.41, 5.74) is 1.14. The SMILES string of the molecule is Cc1cc(F)cc(C(=O)NCC(C)C)c1. The Morgan fingerprint density at radius 2 is 2.07 bits per heavy atom. The summed E-state index contributed by atoms with van der Waals surface area (Å²) in [5.74, 6) is -0.195. The van der Waals surface area contributed by atoms with Crippen molar-refractivity contribution in [1.82, 2.24) is 5.32 Å². The second-order valence-electron chi connectivity index (χ2n) is 4.12. The summed E-state index contributed by atoms with van der Waals surface area (Å²) in [5, 5.41) is 2.75. The molecule has 3 heteroatoms. The Kier molecular flexibility index (Phi) is 3.83. The Hall–Kier alpha value is -1.38. The normalized spacial score (nSPS) is 10.5. The zero-order valence-corrected chi connectivity index (χ0v) is 9.30. The first-order chi connectivity index (χ1) is 6.99. The van der Waals surface area contributed by atoms with Crippen molar-refractivity contribution in [2.75, 3.05) is 6.54 Å². The first-order valence-electron chi connectivity index (χ1n) is 5.04. The van der Waals surface area contributed by atoms with E-state index in [4.69, 9.17) is 0 Å². The number of benzene rings is 1. The van der Waals surface area contributed by atoms with Crippen molar-refractivity contribution >= 4 is 5.91 Å². The molecule has 1 aromatic carbocycles. The molecular formula is C12H16FNO. The molecule has 0 atom stereocenters. The highest BCUT2D eigenvalue weighted by atomic mass is 19.1. The fourth-order valence-corrected chi connectivity index (χ4v) is 1.27. The lowest BCUT2D eigenvalue weighted by Crippen LogP contribution is -2.27. The van der Waals surface area contributed by atoms with Crippen LogP contribution in [0.15, 0.2) is 18.2 Å². The van der Waals surface area contributed by atoms with Gasteiger partial charge in [-0.25, -0.2) is 4.39 Å². The van der Waals surface area contributed by atoms with E-state index in [0.717, 1.165) is 5.56 Å². The van der Waals surface area contributed by atoms with Crippen molar-refractivity contribution in [3.05, 3.63) is 35.1 Å². The van der Waals surface area contributed by atoms with Crippen molar-refractivity contribution in [2.24, 2.45) is 5.92 Å². The van der Waals surface area contributed by atoms with Crippen LogP contribution >= 0.6 is 0 Å². The summed E-state index contributed by atoms with van der Waals surface area (Å²) >= 11 is 0. The minimum atomic E-state index is -0.371. The number of amides is 1. The van der Waals surface area contributed by atoms with Gasteiger partial charge in [-0.15, -0.1) is 0 Å². The molecule has 1 N–H and O–H groups in total. The molecule has 2 nitrogen and oxygen atoms in total. The van der Waals surface area contributed by atoms with Crippen LogP contribution in [0.5, 0.6) is 0 Å². The van der Waals surface area contributed by atoms with E-state index in [1.54, 1.807) is 13.0 Å². The number of nitrogens with one attached hydrogen (secondary N) is 1. The van der Waals surface area contributed by atoms with Crippen molar-refractivity contribution in [3.8, 4) is 0 Å². The molecule has 82 valence electrons. The van der Waals surface area contributed by atoms with Gasteiger partial charge in [0.1, 0.15) is 5.82 Å². The highest BCUT2D eigenvalue weighted by molar-refractivity contribution is 5.94. The quantitative estimate of drug-likeness (QED) is 0.814. The van der Waals surface area contributed by atoms with Gasteiger partial charge in [-0.2, -0.15) is 0 Å². The fraction of sp³-hybridized carbons (Fsp3) is 0.417. The maximum atomic E-state index is 13.0. The number of aryl methyl sites for hydroxylation is 1. The molecule has 15 heavy (non-hydrogen) atoms. The molecule has 0 aliphatic heterocycles. The molecule has 0 saturated carbocycles. The molecule has 0 radical (unpaired) electrons. The van der Waals surface area contributed by atoms with Crippen LogP contribution in [-0.2, 0) is 0 Å². The first kappa shape index (κ1) is 11.7. The van der Waals surface area contributed by atoms with Gasteiger partial charge in [0.2, 0.25) is 0 Å². The molecule has 0 aliphatic rings. The van der Waals surface area contributed by atoms with Crippen LogP contribution in [0.4, 0.5) is 4.39 Å². The second kappa shape index (κ2) is 4.91. The highest BCUT2D eigenvalue weighted by Crippen LogP contribution is 2.08.